The zero-order chi connectivity index (χ0) is 26.3. The molecule has 0 aliphatic heterocycles. The molecule has 2 N–H and O–H groups in total. The number of nitrogens with zero attached hydrogens (tertiary/aromatic N) is 2. The predicted molar refractivity (Wildman–Crippen MR) is 152 cm³/mol. The van der Waals surface area contributed by atoms with Crippen LogP contribution in [0.1, 0.15) is 52.7 Å². The first-order valence-corrected chi connectivity index (χ1v) is 14.0. The van der Waals surface area contributed by atoms with Crippen molar-refractivity contribution in [3.05, 3.63) is 75.8 Å². The Kier molecular flexibility index (Phi) is 7.75. The molecule has 0 aliphatic carbocycles. The number of hydrogen-bond acceptors (Lipinski definition) is 3. The molecule has 35 heavy (non-hydrogen) atoms. The van der Waals surface area contributed by atoms with Gasteiger partial charge in [0.05, 0.1) is 16.3 Å². The molecule has 0 saturated carbocycles. The van der Waals surface area contributed by atoms with Gasteiger partial charge in [-0.3, -0.25) is 4.67 Å². The van der Waals surface area contributed by atoms with E-state index in [1.54, 1.807) is 24.3 Å². The summed E-state index contributed by atoms with van der Waals surface area (Å²) in [4.78, 5) is 0. The van der Waals surface area contributed by atoms with Crippen LogP contribution in [0.15, 0.2) is 59.3 Å². The Morgan fingerprint density at radius 3 is 1.46 bits per heavy atom. The molecule has 0 heterocycles. The molecule has 7 heteroatoms. The van der Waals surface area contributed by atoms with Gasteiger partial charge in [-0.15, -0.1) is 0 Å². The number of phenols is 2. The van der Waals surface area contributed by atoms with Crippen LogP contribution in [-0.4, -0.2) is 29.0 Å². The minimum atomic E-state index is -3.03. The maximum absolute atomic E-state index is 11.7. The van der Waals surface area contributed by atoms with E-state index >= 15 is 0 Å². The third kappa shape index (κ3) is 5.42. The van der Waals surface area contributed by atoms with E-state index in [1.807, 2.05) is 90.6 Å². The Morgan fingerprint density at radius 2 is 1.11 bits per heavy atom. The fraction of sp³-hybridized carbons (Fsp3) is 0.357. The molecule has 3 aromatic carbocycles. The van der Waals surface area contributed by atoms with Crippen LogP contribution in [-0.2, 0) is 10.8 Å². The lowest BCUT2D eigenvalue weighted by Crippen LogP contribution is -2.30. The van der Waals surface area contributed by atoms with Crippen molar-refractivity contribution in [1.82, 2.24) is 4.67 Å². The summed E-state index contributed by atoms with van der Waals surface area (Å²) in [6.07, 6.45) is 0. The summed E-state index contributed by atoms with van der Waals surface area (Å²) in [5.74, 6) is 0.251. The molecule has 0 amide bonds. The minimum Gasteiger partial charge on any atom is -0.507 e. The van der Waals surface area contributed by atoms with Crippen LogP contribution < -0.4 is 10.6 Å². The van der Waals surface area contributed by atoms with Gasteiger partial charge in [0.1, 0.15) is 18.7 Å². The molecule has 188 valence electrons. The summed E-state index contributed by atoms with van der Waals surface area (Å²) >= 11 is 13.3. The zero-order valence-electron chi connectivity index (χ0n) is 21.7. The van der Waals surface area contributed by atoms with Crippen molar-refractivity contribution in [3.63, 3.8) is 0 Å². The predicted octanol–water partition coefficient (Wildman–Crippen LogP) is 7.96. The fourth-order valence-corrected chi connectivity index (χ4v) is 8.25. The molecule has 0 fully saturated rings. The van der Waals surface area contributed by atoms with Gasteiger partial charge in [0.15, 0.2) is 0 Å². The molecule has 3 rings (SSSR count). The zero-order valence-corrected chi connectivity index (χ0v) is 24.1. The maximum atomic E-state index is 11.7. The van der Waals surface area contributed by atoms with Crippen molar-refractivity contribution in [1.29, 1.82) is 0 Å². The monoisotopic (exact) mass is 532 g/mol. The van der Waals surface area contributed by atoms with E-state index in [9.17, 15) is 10.2 Å². The Bertz CT molecular complexity index is 1220. The normalized spacial score (nSPS) is 12.8. The number of benzene rings is 3. The third-order valence-corrected chi connectivity index (χ3v) is 10.1. The van der Waals surface area contributed by atoms with Crippen LogP contribution in [0.3, 0.4) is 0 Å². The molecule has 0 radical (unpaired) electrons. The molecule has 0 aromatic heterocycles. The van der Waals surface area contributed by atoms with Gasteiger partial charge in [-0.1, -0.05) is 82.9 Å². The van der Waals surface area contributed by atoms with Gasteiger partial charge < -0.3 is 10.2 Å². The van der Waals surface area contributed by atoms with E-state index in [0.29, 0.717) is 31.8 Å². The SMILES string of the molecule is CN(C)P(=Nc1ccccc1)(c1cc(Cl)cc(C(C)(C)C)c1O)c1cc(Cl)cc(C(C)(C)C)c1O. The van der Waals surface area contributed by atoms with Crippen molar-refractivity contribution in [2.24, 2.45) is 4.74 Å². The smallest absolute Gasteiger partial charge is 0.130 e. The van der Waals surface area contributed by atoms with Crippen LogP contribution in [0.4, 0.5) is 5.69 Å². The molecule has 0 saturated heterocycles. The molecular weight excluding hydrogens is 498 g/mol. The van der Waals surface area contributed by atoms with E-state index in [4.69, 9.17) is 27.9 Å². The highest BCUT2D eigenvalue weighted by molar-refractivity contribution is 7.79. The summed E-state index contributed by atoms with van der Waals surface area (Å²) in [6, 6.07) is 16.7. The first-order chi connectivity index (χ1) is 16.1. The summed E-state index contributed by atoms with van der Waals surface area (Å²) in [7, 11) is 0.795. The fourth-order valence-electron chi connectivity index (χ4n) is 4.21. The Labute approximate surface area is 219 Å². The van der Waals surface area contributed by atoms with Crippen molar-refractivity contribution >= 4 is 46.7 Å². The minimum absolute atomic E-state index is 0.125. The second-order valence-electron chi connectivity index (χ2n) is 11.0. The number of aromatic hydroxyl groups is 2. The average Bonchev–Trinajstić information content (AvgIpc) is 2.74. The second kappa shape index (κ2) is 9.82. The number of rotatable bonds is 4. The van der Waals surface area contributed by atoms with Gasteiger partial charge in [0.25, 0.3) is 0 Å². The van der Waals surface area contributed by atoms with Gasteiger partial charge >= 0.3 is 0 Å². The maximum Gasteiger partial charge on any atom is 0.130 e. The highest BCUT2D eigenvalue weighted by atomic mass is 35.5. The third-order valence-electron chi connectivity index (χ3n) is 5.99. The van der Waals surface area contributed by atoms with Crippen LogP contribution >= 0.6 is 30.4 Å². The van der Waals surface area contributed by atoms with Crippen molar-refractivity contribution < 1.29 is 10.2 Å². The Balaban J connectivity index is 2.63. The largest absolute Gasteiger partial charge is 0.507 e. The molecular formula is C28H35Cl2N2O2P. The molecule has 3 aromatic rings. The van der Waals surface area contributed by atoms with Gasteiger partial charge in [0, 0.05) is 21.2 Å². The van der Waals surface area contributed by atoms with Crippen molar-refractivity contribution in [2.45, 2.75) is 52.4 Å². The van der Waals surface area contributed by atoms with Gasteiger partial charge in [-0.05, 0) is 61.3 Å². The van der Waals surface area contributed by atoms with E-state index in [2.05, 4.69) is 0 Å². The standard InChI is InChI=1S/C28H35Cl2N2O2P/c1-27(2,3)21-14-18(29)16-23(25(21)33)35(32(7)8,31-20-12-10-9-11-13-20)24-17-19(30)15-22(26(24)34)28(4,5)6/h9-17,33-34H,1-8H3. The highest BCUT2D eigenvalue weighted by Crippen LogP contribution is 2.57. The van der Waals surface area contributed by atoms with E-state index in [0.717, 1.165) is 5.69 Å². The van der Waals surface area contributed by atoms with Crippen molar-refractivity contribution in [3.8, 4) is 11.5 Å². The number of hydrogen-bond donors (Lipinski definition) is 2. The first-order valence-electron chi connectivity index (χ1n) is 11.5. The van der Waals surface area contributed by atoms with E-state index in [1.165, 1.54) is 0 Å². The molecule has 0 aliphatic rings. The lowest BCUT2D eigenvalue weighted by atomic mass is 9.86. The second-order valence-corrected chi connectivity index (χ2v) is 15.1. The summed E-state index contributed by atoms with van der Waals surface area (Å²) in [5, 5.41) is 25.6. The van der Waals surface area contributed by atoms with Crippen LogP contribution in [0, 0.1) is 0 Å². The first kappa shape index (κ1) is 27.6. The number of phenolic OH excluding ortho intramolecular Hbond substituents is 2. The van der Waals surface area contributed by atoms with Crippen LogP contribution in [0.5, 0.6) is 11.5 Å². The Hall–Kier alpha value is -1.97. The highest BCUT2D eigenvalue weighted by Gasteiger charge is 2.37. The molecule has 4 nitrogen and oxygen atoms in total. The Morgan fingerprint density at radius 1 is 0.714 bits per heavy atom. The van der Waals surface area contributed by atoms with Crippen LogP contribution in [0.25, 0.3) is 0 Å². The van der Waals surface area contributed by atoms with Crippen molar-refractivity contribution in [2.75, 3.05) is 14.1 Å². The molecule has 0 spiro atoms. The van der Waals surface area contributed by atoms with Gasteiger partial charge in [-0.25, -0.2) is 4.74 Å². The van der Waals surface area contributed by atoms with E-state index < -0.39 is 7.21 Å². The average molecular weight is 533 g/mol. The van der Waals surface area contributed by atoms with Gasteiger partial charge in [-0.2, -0.15) is 0 Å². The topological polar surface area (TPSA) is 56.1 Å². The van der Waals surface area contributed by atoms with E-state index in [-0.39, 0.29) is 22.3 Å². The molecule has 0 atom stereocenters. The summed E-state index contributed by atoms with van der Waals surface area (Å²) in [6.45, 7) is 12.2. The number of halogens is 2. The van der Waals surface area contributed by atoms with Crippen LogP contribution in [0.2, 0.25) is 10.0 Å². The lowest BCUT2D eigenvalue weighted by molar-refractivity contribution is 0.449. The molecule has 0 unspecified atom stereocenters. The summed E-state index contributed by atoms with van der Waals surface area (Å²) in [5.41, 5.74) is 1.42. The molecule has 0 bridgehead atoms. The lowest BCUT2D eigenvalue weighted by Gasteiger charge is -2.36. The quantitative estimate of drug-likeness (QED) is 0.335. The summed E-state index contributed by atoms with van der Waals surface area (Å²) < 4.78 is 7.26. The van der Waals surface area contributed by atoms with Gasteiger partial charge in [0.2, 0.25) is 0 Å².